The molecule has 3 nitrogen and oxygen atoms in total. The van der Waals surface area contributed by atoms with Gasteiger partial charge in [0.2, 0.25) is 2.58 Å². The van der Waals surface area contributed by atoms with Crippen LogP contribution in [0.15, 0.2) is 23.1 Å². The zero-order valence-corrected chi connectivity index (χ0v) is 12.2. The topological polar surface area (TPSA) is 54.4 Å². The van der Waals surface area contributed by atoms with Gasteiger partial charge in [-0.3, -0.25) is 4.55 Å². The molecule has 0 bridgehead atoms. The van der Waals surface area contributed by atoms with Crippen molar-refractivity contribution in [3.63, 3.8) is 0 Å². The lowest BCUT2D eigenvalue weighted by Crippen LogP contribution is -2.04. The Balaban J connectivity index is 3.34. The Labute approximate surface area is 113 Å². The van der Waals surface area contributed by atoms with Crippen LogP contribution in [0.5, 0.6) is 0 Å². The van der Waals surface area contributed by atoms with Gasteiger partial charge in [-0.2, -0.15) is 8.42 Å². The number of alkyl halides is 3. The lowest BCUT2D eigenvalue weighted by molar-refractivity contribution is 0.456. The van der Waals surface area contributed by atoms with Crippen LogP contribution in [0.1, 0.15) is 5.56 Å². The van der Waals surface area contributed by atoms with Crippen LogP contribution in [-0.4, -0.2) is 13.0 Å². The van der Waals surface area contributed by atoms with Crippen molar-refractivity contribution in [2.45, 2.75) is 7.48 Å². The molecular formula is C7H4BrClFIO3S. The van der Waals surface area contributed by atoms with Crippen molar-refractivity contribution in [1.29, 1.82) is 0 Å². The Hall–Kier alpha value is 0.560. The SMILES string of the molecule is O=S(=O)(O)c1ccc(C(F)(Br)I)c(Cl)c1. The maximum absolute atomic E-state index is 13.4. The first kappa shape index (κ1) is 13.6. The van der Waals surface area contributed by atoms with Crippen LogP contribution in [0.25, 0.3) is 0 Å². The van der Waals surface area contributed by atoms with E-state index in [1.807, 2.05) is 0 Å². The highest BCUT2D eigenvalue weighted by atomic mass is 127. The minimum absolute atomic E-state index is 0.0807. The molecule has 1 unspecified atom stereocenters. The lowest BCUT2D eigenvalue weighted by Gasteiger charge is -2.12. The molecule has 1 rings (SSSR count). The smallest absolute Gasteiger partial charge is 0.282 e. The monoisotopic (exact) mass is 428 g/mol. The fourth-order valence-corrected chi connectivity index (χ4v) is 2.86. The van der Waals surface area contributed by atoms with Gasteiger partial charge in [-0.1, -0.05) is 17.7 Å². The Kier molecular flexibility index (Phi) is 4.03. The normalized spacial score (nSPS) is 16.1. The van der Waals surface area contributed by atoms with Crippen molar-refractivity contribution in [2.24, 2.45) is 0 Å². The van der Waals surface area contributed by atoms with Crippen molar-refractivity contribution in [3.8, 4) is 0 Å². The minimum atomic E-state index is -4.31. The van der Waals surface area contributed by atoms with Crippen LogP contribution in [0.3, 0.4) is 0 Å². The molecule has 0 spiro atoms. The van der Waals surface area contributed by atoms with Crippen molar-refractivity contribution in [2.75, 3.05) is 0 Å². The molecular weight excluding hydrogens is 425 g/mol. The molecule has 1 aromatic carbocycles. The van der Waals surface area contributed by atoms with Crippen LogP contribution in [0.2, 0.25) is 5.02 Å². The molecule has 1 N–H and O–H groups in total. The highest BCUT2D eigenvalue weighted by molar-refractivity contribution is 14.1. The third-order valence-electron chi connectivity index (χ3n) is 1.54. The highest BCUT2D eigenvalue weighted by Crippen LogP contribution is 2.43. The second-order valence-corrected chi connectivity index (χ2v) is 8.50. The van der Waals surface area contributed by atoms with Crippen LogP contribution in [0.4, 0.5) is 4.39 Å². The van der Waals surface area contributed by atoms with E-state index in [0.29, 0.717) is 0 Å². The summed E-state index contributed by atoms with van der Waals surface area (Å²) in [4.78, 5) is -0.371. The lowest BCUT2D eigenvalue weighted by atomic mass is 10.2. The van der Waals surface area contributed by atoms with E-state index in [9.17, 15) is 12.8 Å². The second-order valence-electron chi connectivity index (χ2n) is 2.61. The molecule has 0 saturated carbocycles. The van der Waals surface area contributed by atoms with Gasteiger partial charge >= 0.3 is 0 Å². The Morgan fingerprint density at radius 1 is 1.53 bits per heavy atom. The van der Waals surface area contributed by atoms with Gasteiger partial charge in [0.05, 0.1) is 9.92 Å². The average Bonchev–Trinajstić information content (AvgIpc) is 1.99. The molecule has 0 aliphatic heterocycles. The summed E-state index contributed by atoms with van der Waals surface area (Å²) in [5, 5.41) is -0.0844. The van der Waals surface area contributed by atoms with Gasteiger partial charge in [-0.25, -0.2) is 4.39 Å². The van der Waals surface area contributed by atoms with E-state index < -0.39 is 12.7 Å². The maximum Gasteiger partial charge on any atom is 0.294 e. The molecule has 0 saturated heterocycles. The van der Waals surface area contributed by atoms with Crippen molar-refractivity contribution in [3.05, 3.63) is 28.8 Å². The first-order chi connectivity index (χ1) is 6.62. The molecule has 1 atom stereocenters. The average molecular weight is 429 g/mol. The van der Waals surface area contributed by atoms with E-state index in [0.717, 1.165) is 12.1 Å². The minimum Gasteiger partial charge on any atom is -0.282 e. The molecule has 84 valence electrons. The van der Waals surface area contributed by atoms with E-state index in [1.165, 1.54) is 28.7 Å². The molecule has 0 fully saturated rings. The molecule has 8 heteroatoms. The number of halogens is 4. The van der Waals surface area contributed by atoms with Crippen LogP contribution < -0.4 is 0 Å². The van der Waals surface area contributed by atoms with E-state index in [-0.39, 0.29) is 15.5 Å². The number of rotatable bonds is 2. The van der Waals surface area contributed by atoms with Crippen LogP contribution >= 0.6 is 50.1 Å². The van der Waals surface area contributed by atoms with Crippen LogP contribution in [-0.2, 0) is 12.7 Å². The molecule has 0 aliphatic carbocycles. The van der Waals surface area contributed by atoms with Gasteiger partial charge in [-0.15, -0.1) is 0 Å². The molecule has 0 heterocycles. The van der Waals surface area contributed by atoms with E-state index >= 15 is 0 Å². The summed E-state index contributed by atoms with van der Waals surface area (Å²) in [6, 6.07) is 3.25. The zero-order valence-electron chi connectivity index (χ0n) is 6.92. The van der Waals surface area contributed by atoms with Gasteiger partial charge in [0, 0.05) is 5.56 Å². The quantitative estimate of drug-likeness (QED) is 0.445. The largest absolute Gasteiger partial charge is 0.294 e. The van der Waals surface area contributed by atoms with Crippen molar-refractivity contribution >= 4 is 60.2 Å². The number of hydrogen-bond acceptors (Lipinski definition) is 2. The van der Waals surface area contributed by atoms with Gasteiger partial charge < -0.3 is 0 Å². The third-order valence-corrected chi connectivity index (χ3v) is 3.71. The first-order valence-electron chi connectivity index (χ1n) is 3.46. The van der Waals surface area contributed by atoms with E-state index in [2.05, 4.69) is 15.9 Å². The van der Waals surface area contributed by atoms with Gasteiger partial charge in [0.15, 0.2) is 0 Å². The zero-order chi connectivity index (χ0) is 11.9. The molecule has 15 heavy (non-hydrogen) atoms. The predicted octanol–water partition coefficient (Wildman–Crippen LogP) is 3.50. The Morgan fingerprint density at radius 3 is 2.40 bits per heavy atom. The molecule has 0 amide bonds. The summed E-state index contributed by atoms with van der Waals surface area (Å²) < 4.78 is 41.7. The van der Waals surface area contributed by atoms with E-state index in [4.69, 9.17) is 16.2 Å². The van der Waals surface area contributed by atoms with Gasteiger partial charge in [0.1, 0.15) is 0 Å². The second kappa shape index (κ2) is 4.44. The van der Waals surface area contributed by atoms with Gasteiger partial charge in [0.25, 0.3) is 10.1 Å². The molecule has 0 radical (unpaired) electrons. The first-order valence-corrected chi connectivity index (χ1v) is 7.15. The van der Waals surface area contributed by atoms with Crippen molar-refractivity contribution in [1.82, 2.24) is 0 Å². The summed E-state index contributed by atoms with van der Waals surface area (Å²) >= 11 is 9.86. The summed E-state index contributed by atoms with van der Waals surface area (Å²) in [7, 11) is -4.31. The molecule has 1 aromatic rings. The highest BCUT2D eigenvalue weighted by Gasteiger charge is 2.27. The Morgan fingerprint density at radius 2 is 2.07 bits per heavy atom. The standard InChI is InChI=1S/C7H4BrClFIO3S/c8-7(10,11)5-2-1-4(3-6(5)9)15(12,13)14/h1-3H,(H,12,13,14). The number of benzene rings is 1. The maximum atomic E-state index is 13.4. The third kappa shape index (κ3) is 3.52. The predicted molar refractivity (Wildman–Crippen MR) is 67.0 cm³/mol. The van der Waals surface area contributed by atoms with Crippen molar-refractivity contribution < 1.29 is 17.4 Å². The fraction of sp³-hybridized carbons (Fsp3) is 0.143. The summed E-state index contributed by atoms with van der Waals surface area (Å²) in [6.45, 7) is 0. The Bertz CT molecular complexity index is 485. The number of hydrogen-bond donors (Lipinski definition) is 1. The van der Waals surface area contributed by atoms with Crippen LogP contribution in [0, 0.1) is 0 Å². The summed E-state index contributed by atoms with van der Waals surface area (Å²) in [6.07, 6.45) is 0. The summed E-state index contributed by atoms with van der Waals surface area (Å²) in [5.74, 6) is 0. The summed E-state index contributed by atoms with van der Waals surface area (Å²) in [5.41, 5.74) is 0.0807. The molecule has 0 aliphatic rings. The molecule has 0 aromatic heterocycles. The fourth-order valence-electron chi connectivity index (χ4n) is 0.886. The van der Waals surface area contributed by atoms with E-state index in [1.54, 1.807) is 0 Å². The van der Waals surface area contributed by atoms with Gasteiger partial charge in [-0.05, 0) is 50.7 Å².